The van der Waals surface area contributed by atoms with Gasteiger partial charge in [-0.15, -0.1) is 11.3 Å². The highest BCUT2D eigenvalue weighted by Crippen LogP contribution is 2.57. The van der Waals surface area contributed by atoms with Crippen molar-refractivity contribution in [2.45, 2.75) is 63.5 Å². The summed E-state index contributed by atoms with van der Waals surface area (Å²) in [5.41, 5.74) is 1.66. The third-order valence-corrected chi connectivity index (χ3v) is 7.35. The highest BCUT2D eigenvalue weighted by Gasteiger charge is 2.46. The van der Waals surface area contributed by atoms with Crippen LogP contribution < -0.4 is 10.6 Å². The summed E-state index contributed by atoms with van der Waals surface area (Å²) in [6, 6.07) is 2.74. The van der Waals surface area contributed by atoms with Crippen molar-refractivity contribution in [1.82, 2.24) is 15.3 Å². The Bertz CT molecular complexity index is 784. The highest BCUT2D eigenvalue weighted by molar-refractivity contribution is 7.17. The van der Waals surface area contributed by atoms with E-state index in [1.807, 2.05) is 11.4 Å². The standard InChI is InChI=1S/C19H24N4OS/c24-18(12-1-4-19(5-2-12)6-7-19)23-14-9-13(10-14)22-17-16-15(3-8-25-16)20-11-21-17/h3,8,11-14H,1-2,4-7,9-10H2,(H,23,24)(H,20,21,22). The van der Waals surface area contributed by atoms with Gasteiger partial charge in [0.05, 0.1) is 10.2 Å². The normalized spacial score (nSPS) is 27.8. The Kier molecular flexibility index (Phi) is 3.69. The molecule has 2 aromatic heterocycles. The number of hydrogen-bond acceptors (Lipinski definition) is 5. The van der Waals surface area contributed by atoms with Gasteiger partial charge in [-0.2, -0.15) is 0 Å². The Balaban J connectivity index is 1.11. The molecule has 0 aromatic carbocycles. The van der Waals surface area contributed by atoms with Gasteiger partial charge in [0.2, 0.25) is 5.91 Å². The number of hydrogen-bond donors (Lipinski definition) is 2. The number of nitrogens with zero attached hydrogens (tertiary/aromatic N) is 2. The lowest BCUT2D eigenvalue weighted by molar-refractivity contribution is -0.127. The lowest BCUT2D eigenvalue weighted by atomic mass is 9.78. The molecule has 0 saturated heterocycles. The second kappa shape index (κ2) is 5.94. The van der Waals surface area contributed by atoms with E-state index in [-0.39, 0.29) is 5.92 Å². The van der Waals surface area contributed by atoms with Gasteiger partial charge in [-0.1, -0.05) is 0 Å². The minimum atomic E-state index is 0.255. The molecule has 2 N–H and O–H groups in total. The first-order chi connectivity index (χ1) is 12.2. The number of amides is 1. The topological polar surface area (TPSA) is 66.9 Å². The van der Waals surface area contributed by atoms with Crippen molar-refractivity contribution in [3.63, 3.8) is 0 Å². The summed E-state index contributed by atoms with van der Waals surface area (Å²) < 4.78 is 1.12. The Labute approximate surface area is 151 Å². The molecule has 3 aliphatic rings. The van der Waals surface area contributed by atoms with Crippen molar-refractivity contribution in [3.8, 4) is 0 Å². The molecule has 5 nitrogen and oxygen atoms in total. The number of anilines is 1. The monoisotopic (exact) mass is 356 g/mol. The van der Waals surface area contributed by atoms with Crippen LogP contribution in [-0.2, 0) is 4.79 Å². The Morgan fingerprint density at radius 3 is 2.68 bits per heavy atom. The van der Waals surface area contributed by atoms with Gasteiger partial charge < -0.3 is 10.6 Å². The smallest absolute Gasteiger partial charge is 0.223 e. The van der Waals surface area contributed by atoms with Crippen LogP contribution in [0.1, 0.15) is 51.4 Å². The Morgan fingerprint density at radius 1 is 1.12 bits per heavy atom. The largest absolute Gasteiger partial charge is 0.366 e. The number of nitrogens with one attached hydrogen (secondary N) is 2. The average molecular weight is 356 g/mol. The van der Waals surface area contributed by atoms with Crippen LogP contribution in [0, 0.1) is 11.3 Å². The van der Waals surface area contributed by atoms with E-state index in [1.165, 1.54) is 25.7 Å². The van der Waals surface area contributed by atoms with Crippen LogP contribution in [0.3, 0.4) is 0 Å². The molecule has 6 heteroatoms. The zero-order valence-electron chi connectivity index (χ0n) is 14.3. The van der Waals surface area contributed by atoms with Crippen LogP contribution >= 0.6 is 11.3 Å². The average Bonchev–Trinajstić information content (AvgIpc) is 3.16. The molecule has 132 valence electrons. The lowest BCUT2D eigenvalue weighted by Crippen LogP contribution is -2.51. The second-order valence-corrected chi connectivity index (χ2v) is 9.07. The van der Waals surface area contributed by atoms with E-state index in [0.29, 0.717) is 23.4 Å². The van der Waals surface area contributed by atoms with Crippen molar-refractivity contribution in [2.75, 3.05) is 5.32 Å². The molecule has 0 radical (unpaired) electrons. The summed E-state index contributed by atoms with van der Waals surface area (Å²) >= 11 is 1.67. The summed E-state index contributed by atoms with van der Waals surface area (Å²) in [6.07, 6.45) is 11.1. The fraction of sp³-hybridized carbons (Fsp3) is 0.632. The first-order valence-corrected chi connectivity index (χ1v) is 10.3. The van der Waals surface area contributed by atoms with Gasteiger partial charge in [-0.25, -0.2) is 9.97 Å². The van der Waals surface area contributed by atoms with Crippen molar-refractivity contribution in [1.29, 1.82) is 0 Å². The predicted octanol–water partition coefficient (Wildman–Crippen LogP) is 3.72. The number of aromatic nitrogens is 2. The molecule has 2 heterocycles. The Hall–Kier alpha value is -1.69. The van der Waals surface area contributed by atoms with E-state index >= 15 is 0 Å². The SMILES string of the molecule is O=C(NC1CC(Nc2ncnc3ccsc23)C1)C1CCC2(CC1)CC2. The summed E-state index contributed by atoms with van der Waals surface area (Å²) in [6.45, 7) is 0. The molecule has 5 rings (SSSR count). The third-order valence-electron chi connectivity index (χ3n) is 6.44. The lowest BCUT2D eigenvalue weighted by Gasteiger charge is -2.38. The maximum absolute atomic E-state index is 12.5. The maximum atomic E-state index is 12.5. The van der Waals surface area contributed by atoms with E-state index in [0.717, 1.165) is 41.7 Å². The minimum Gasteiger partial charge on any atom is -0.366 e. The maximum Gasteiger partial charge on any atom is 0.223 e. The number of carbonyl (C=O) groups excluding carboxylic acids is 1. The van der Waals surface area contributed by atoms with E-state index in [4.69, 9.17) is 0 Å². The fourth-order valence-electron chi connectivity index (χ4n) is 4.43. The number of rotatable bonds is 4. The van der Waals surface area contributed by atoms with Gasteiger partial charge in [-0.3, -0.25) is 4.79 Å². The fourth-order valence-corrected chi connectivity index (χ4v) is 5.22. The molecule has 0 aliphatic heterocycles. The van der Waals surface area contributed by atoms with E-state index in [9.17, 15) is 4.79 Å². The van der Waals surface area contributed by atoms with Crippen molar-refractivity contribution in [3.05, 3.63) is 17.8 Å². The Morgan fingerprint density at radius 2 is 1.92 bits per heavy atom. The van der Waals surface area contributed by atoms with Crippen LogP contribution in [0.4, 0.5) is 5.82 Å². The zero-order valence-corrected chi connectivity index (χ0v) is 15.1. The van der Waals surface area contributed by atoms with Crippen LogP contribution in [0.2, 0.25) is 0 Å². The summed E-state index contributed by atoms with van der Waals surface area (Å²) in [5, 5.41) is 8.84. The molecule has 2 aromatic rings. The highest BCUT2D eigenvalue weighted by atomic mass is 32.1. The van der Waals surface area contributed by atoms with Crippen LogP contribution in [-0.4, -0.2) is 28.0 Å². The summed E-state index contributed by atoms with van der Waals surface area (Å²) in [7, 11) is 0. The first kappa shape index (κ1) is 15.6. The van der Waals surface area contributed by atoms with Crippen LogP contribution in [0.5, 0.6) is 0 Å². The molecule has 25 heavy (non-hydrogen) atoms. The van der Waals surface area contributed by atoms with Gasteiger partial charge in [0.1, 0.15) is 12.1 Å². The first-order valence-electron chi connectivity index (χ1n) is 9.46. The molecule has 3 fully saturated rings. The van der Waals surface area contributed by atoms with E-state index in [1.54, 1.807) is 17.7 Å². The van der Waals surface area contributed by atoms with Gasteiger partial charge in [0, 0.05) is 18.0 Å². The molecule has 1 amide bonds. The summed E-state index contributed by atoms with van der Waals surface area (Å²) in [4.78, 5) is 21.1. The second-order valence-electron chi connectivity index (χ2n) is 8.15. The van der Waals surface area contributed by atoms with Gasteiger partial charge in [0.15, 0.2) is 0 Å². The molecule has 3 aliphatic carbocycles. The minimum absolute atomic E-state index is 0.255. The van der Waals surface area contributed by atoms with Gasteiger partial charge in [0.25, 0.3) is 0 Å². The zero-order chi connectivity index (χ0) is 16.9. The quantitative estimate of drug-likeness (QED) is 0.876. The molecule has 3 saturated carbocycles. The van der Waals surface area contributed by atoms with Crippen molar-refractivity contribution >= 4 is 33.3 Å². The third kappa shape index (κ3) is 3.01. The molecule has 0 unspecified atom stereocenters. The number of carbonyl (C=O) groups is 1. The number of thiophene rings is 1. The van der Waals surface area contributed by atoms with Crippen LogP contribution in [0.25, 0.3) is 10.2 Å². The number of fused-ring (bicyclic) bond motifs is 1. The summed E-state index contributed by atoms with van der Waals surface area (Å²) in [5.74, 6) is 1.48. The van der Waals surface area contributed by atoms with Gasteiger partial charge in [-0.05, 0) is 68.2 Å². The molecule has 0 bridgehead atoms. The molecular formula is C19H24N4OS. The molecule has 0 atom stereocenters. The molecule has 1 spiro atoms. The van der Waals surface area contributed by atoms with Crippen molar-refractivity contribution < 1.29 is 4.79 Å². The molecular weight excluding hydrogens is 332 g/mol. The van der Waals surface area contributed by atoms with E-state index < -0.39 is 0 Å². The van der Waals surface area contributed by atoms with Crippen LogP contribution in [0.15, 0.2) is 17.8 Å². The van der Waals surface area contributed by atoms with Crippen molar-refractivity contribution in [2.24, 2.45) is 11.3 Å². The van der Waals surface area contributed by atoms with Gasteiger partial charge >= 0.3 is 0 Å². The predicted molar refractivity (Wildman–Crippen MR) is 99.6 cm³/mol. The van der Waals surface area contributed by atoms with E-state index in [2.05, 4.69) is 20.6 Å².